The van der Waals surface area contributed by atoms with Crippen molar-refractivity contribution in [2.24, 2.45) is 0 Å². The van der Waals surface area contributed by atoms with Crippen molar-refractivity contribution in [2.75, 3.05) is 25.6 Å². The van der Waals surface area contributed by atoms with Gasteiger partial charge in [-0.1, -0.05) is 0 Å². The van der Waals surface area contributed by atoms with Gasteiger partial charge in [-0.15, -0.1) is 11.3 Å². The van der Waals surface area contributed by atoms with Crippen molar-refractivity contribution in [1.29, 1.82) is 0 Å². The normalized spacial score (nSPS) is 10.7. The van der Waals surface area contributed by atoms with Crippen LogP contribution in [0.3, 0.4) is 0 Å². The fourth-order valence-corrected chi connectivity index (χ4v) is 3.50. The van der Waals surface area contributed by atoms with E-state index in [1.165, 1.54) is 24.5 Å². The number of anilines is 1. The van der Waals surface area contributed by atoms with Crippen LogP contribution in [0.2, 0.25) is 0 Å². The van der Waals surface area contributed by atoms with Gasteiger partial charge in [0.25, 0.3) is 0 Å². The predicted octanol–water partition coefficient (Wildman–Crippen LogP) is 4.07. The molecule has 1 N–H and O–H groups in total. The maximum Gasteiger partial charge on any atom is 0.311 e. The van der Waals surface area contributed by atoms with Gasteiger partial charge in [0, 0.05) is 11.5 Å². The molecule has 0 aliphatic carbocycles. The van der Waals surface area contributed by atoms with Crippen LogP contribution < -0.4 is 14.8 Å². The van der Waals surface area contributed by atoms with Crippen molar-refractivity contribution in [3.05, 3.63) is 39.3 Å². The first kappa shape index (κ1) is 21.9. The number of carbonyl (C=O) groups is 2. The summed E-state index contributed by atoms with van der Waals surface area (Å²) in [5.41, 5.74) is 1.33. The average molecular weight is 469 g/mol. The van der Waals surface area contributed by atoms with Gasteiger partial charge in [-0.2, -0.15) is 0 Å². The molecule has 1 aromatic heterocycles. The molecule has 0 atom stereocenters. The number of esters is 1. The number of aromatic nitrogens is 1. The lowest BCUT2D eigenvalue weighted by Gasteiger charge is -2.13. The molecule has 0 aliphatic rings. The van der Waals surface area contributed by atoms with E-state index in [-0.39, 0.29) is 18.3 Å². The smallest absolute Gasteiger partial charge is 0.311 e. The number of ether oxygens (including phenoxy) is 3. The molecule has 0 spiro atoms. The topological polar surface area (TPSA) is 86.8 Å². The summed E-state index contributed by atoms with van der Waals surface area (Å²) >= 11 is 4.71. The van der Waals surface area contributed by atoms with Crippen molar-refractivity contribution < 1.29 is 23.8 Å². The van der Waals surface area contributed by atoms with Crippen LogP contribution in [0.15, 0.2) is 28.1 Å². The van der Waals surface area contributed by atoms with Crippen LogP contribution in [0.1, 0.15) is 25.1 Å². The monoisotopic (exact) mass is 468 g/mol. The van der Waals surface area contributed by atoms with Gasteiger partial charge in [0.15, 0.2) is 16.6 Å². The summed E-state index contributed by atoms with van der Waals surface area (Å²) < 4.78 is 16.6. The fourth-order valence-electron chi connectivity index (χ4n) is 2.22. The predicted molar refractivity (Wildman–Crippen MR) is 112 cm³/mol. The zero-order valence-corrected chi connectivity index (χ0v) is 18.2. The summed E-state index contributed by atoms with van der Waals surface area (Å²) in [6, 6.07) is 3.65. The number of methoxy groups -OCH3 is 1. The van der Waals surface area contributed by atoms with Gasteiger partial charge in [0.1, 0.15) is 0 Å². The second-order valence-electron chi connectivity index (χ2n) is 5.42. The van der Waals surface area contributed by atoms with Gasteiger partial charge in [0.05, 0.1) is 36.9 Å². The number of nitrogens with zero attached hydrogens (tertiary/aromatic N) is 1. The maximum absolute atomic E-state index is 12.1. The van der Waals surface area contributed by atoms with E-state index in [4.69, 9.17) is 9.47 Å². The Labute approximate surface area is 175 Å². The van der Waals surface area contributed by atoms with E-state index < -0.39 is 0 Å². The molecular weight excluding hydrogens is 448 g/mol. The zero-order chi connectivity index (χ0) is 20.5. The first-order valence-electron chi connectivity index (χ1n) is 8.56. The van der Waals surface area contributed by atoms with E-state index in [0.717, 1.165) is 10.0 Å². The van der Waals surface area contributed by atoms with Gasteiger partial charge in [-0.05, 0) is 53.5 Å². The molecule has 0 radical (unpaired) electrons. The van der Waals surface area contributed by atoms with E-state index in [1.807, 2.05) is 19.9 Å². The van der Waals surface area contributed by atoms with E-state index in [2.05, 4.69) is 31.0 Å². The molecule has 0 bridgehead atoms. The molecule has 0 fully saturated rings. The molecule has 0 unspecified atom stereocenters. The van der Waals surface area contributed by atoms with Gasteiger partial charge < -0.3 is 14.2 Å². The highest BCUT2D eigenvalue weighted by atomic mass is 79.9. The Hall–Kier alpha value is -2.39. The van der Waals surface area contributed by atoms with Crippen LogP contribution in [-0.4, -0.2) is 37.2 Å². The quantitative estimate of drug-likeness (QED) is 0.440. The van der Waals surface area contributed by atoms with Crippen molar-refractivity contribution in [3.8, 4) is 11.5 Å². The highest BCUT2D eigenvalue weighted by molar-refractivity contribution is 9.10. The Morgan fingerprint density at radius 2 is 2.00 bits per heavy atom. The first-order chi connectivity index (χ1) is 13.5. The first-order valence-corrected chi connectivity index (χ1v) is 10.2. The lowest BCUT2D eigenvalue weighted by molar-refractivity contribution is -0.139. The summed E-state index contributed by atoms with van der Waals surface area (Å²) in [4.78, 5) is 27.6. The lowest BCUT2D eigenvalue weighted by atomic mass is 10.2. The third kappa shape index (κ3) is 6.35. The van der Waals surface area contributed by atoms with Crippen molar-refractivity contribution in [2.45, 2.75) is 20.3 Å². The third-order valence-corrected chi connectivity index (χ3v) is 4.78. The molecule has 9 heteroatoms. The largest absolute Gasteiger partial charge is 0.490 e. The molecule has 1 heterocycles. The minimum absolute atomic E-state index is 0.0686. The number of benzene rings is 1. The molecule has 2 aromatic rings. The molecule has 0 aliphatic heterocycles. The molecule has 1 aromatic carbocycles. The number of halogens is 1. The summed E-state index contributed by atoms with van der Waals surface area (Å²) in [6.45, 7) is 4.80. The second kappa shape index (κ2) is 10.8. The molecule has 2 rings (SSSR count). The number of amides is 1. The van der Waals surface area contributed by atoms with Crippen molar-refractivity contribution in [1.82, 2.24) is 4.98 Å². The highest BCUT2D eigenvalue weighted by Crippen LogP contribution is 2.37. The fraction of sp³-hybridized carbons (Fsp3) is 0.316. The van der Waals surface area contributed by atoms with E-state index in [0.29, 0.717) is 35.5 Å². The SMILES string of the molecule is CCOc1cc(/C=C/C(=O)Nc2nc(CC(=O)OC)cs2)cc(Br)c1OCC. The van der Waals surface area contributed by atoms with Crippen LogP contribution in [0, 0.1) is 0 Å². The number of carbonyl (C=O) groups excluding carboxylic acids is 2. The average Bonchev–Trinajstić information content (AvgIpc) is 3.09. The van der Waals surface area contributed by atoms with Crippen LogP contribution >= 0.6 is 27.3 Å². The van der Waals surface area contributed by atoms with Crippen LogP contribution in [0.4, 0.5) is 5.13 Å². The van der Waals surface area contributed by atoms with Crippen LogP contribution in [0.5, 0.6) is 11.5 Å². The standard InChI is InChI=1S/C19H21BrN2O5S/c1-4-26-15-9-12(8-14(20)18(15)27-5-2)6-7-16(23)22-19-21-13(11-28-19)10-17(24)25-3/h6-9,11H,4-5,10H2,1-3H3,(H,21,22,23)/b7-6+. The minimum Gasteiger partial charge on any atom is -0.490 e. The molecular formula is C19H21BrN2O5S. The number of nitrogens with one attached hydrogen (secondary N) is 1. The van der Waals surface area contributed by atoms with Crippen LogP contribution in [0.25, 0.3) is 6.08 Å². The third-order valence-electron chi connectivity index (χ3n) is 3.38. The molecule has 1 amide bonds. The van der Waals surface area contributed by atoms with Gasteiger partial charge >= 0.3 is 5.97 Å². The Morgan fingerprint density at radius 3 is 2.68 bits per heavy atom. The van der Waals surface area contributed by atoms with Gasteiger partial charge in [-0.25, -0.2) is 4.98 Å². The molecule has 0 saturated carbocycles. The summed E-state index contributed by atoms with van der Waals surface area (Å²) in [5, 5.41) is 4.79. The Balaban J connectivity index is 2.06. The zero-order valence-electron chi connectivity index (χ0n) is 15.8. The van der Waals surface area contributed by atoms with E-state index in [1.54, 1.807) is 17.5 Å². The number of rotatable bonds is 9. The molecule has 28 heavy (non-hydrogen) atoms. The van der Waals surface area contributed by atoms with E-state index >= 15 is 0 Å². The summed E-state index contributed by atoms with van der Waals surface area (Å²) in [5.74, 6) is 0.522. The number of hydrogen-bond donors (Lipinski definition) is 1. The maximum atomic E-state index is 12.1. The van der Waals surface area contributed by atoms with Gasteiger partial charge in [0.2, 0.25) is 5.91 Å². The second-order valence-corrected chi connectivity index (χ2v) is 7.13. The van der Waals surface area contributed by atoms with Crippen molar-refractivity contribution >= 4 is 50.4 Å². The Morgan fingerprint density at radius 1 is 1.25 bits per heavy atom. The molecule has 0 saturated heterocycles. The number of hydrogen-bond acceptors (Lipinski definition) is 7. The van der Waals surface area contributed by atoms with Crippen LogP contribution in [-0.2, 0) is 20.7 Å². The molecule has 150 valence electrons. The Bertz CT molecular complexity index is 866. The summed E-state index contributed by atoms with van der Waals surface area (Å²) in [6.07, 6.45) is 3.14. The number of thiazole rings is 1. The summed E-state index contributed by atoms with van der Waals surface area (Å²) in [7, 11) is 1.32. The lowest BCUT2D eigenvalue weighted by Crippen LogP contribution is -2.08. The van der Waals surface area contributed by atoms with E-state index in [9.17, 15) is 9.59 Å². The Kier molecular flexibility index (Phi) is 8.46. The van der Waals surface area contributed by atoms with Crippen molar-refractivity contribution in [3.63, 3.8) is 0 Å². The highest BCUT2D eigenvalue weighted by Gasteiger charge is 2.12. The molecule has 7 nitrogen and oxygen atoms in total. The minimum atomic E-state index is -0.380. The van der Waals surface area contributed by atoms with Gasteiger partial charge in [-0.3, -0.25) is 14.9 Å².